The van der Waals surface area contributed by atoms with Gasteiger partial charge < -0.3 is 10.4 Å². The van der Waals surface area contributed by atoms with E-state index < -0.39 is 12.1 Å². The molecule has 40 heavy (non-hydrogen) atoms. The van der Waals surface area contributed by atoms with E-state index in [1.807, 2.05) is 42.5 Å². The van der Waals surface area contributed by atoms with Gasteiger partial charge in [-0.05, 0) is 92.0 Å². The number of anilines is 1. The van der Waals surface area contributed by atoms with Crippen molar-refractivity contribution in [1.29, 1.82) is 0 Å². The summed E-state index contributed by atoms with van der Waals surface area (Å²) in [7, 11) is 0. The largest absolute Gasteiger partial charge is 0.490 e. The summed E-state index contributed by atoms with van der Waals surface area (Å²) in [6.45, 7) is 10.2. The molecule has 1 aliphatic heterocycles. The van der Waals surface area contributed by atoms with Crippen LogP contribution in [-0.4, -0.2) is 59.1 Å². The molecule has 3 aromatic rings. The summed E-state index contributed by atoms with van der Waals surface area (Å²) in [4.78, 5) is 26.5. The molecule has 0 saturated carbocycles. The number of aliphatic carboxylic acids is 1. The highest BCUT2D eigenvalue weighted by Gasteiger charge is 2.38. The van der Waals surface area contributed by atoms with Gasteiger partial charge in [-0.15, -0.1) is 0 Å². The molecule has 0 atom stereocenters. The quantitative estimate of drug-likeness (QED) is 0.349. The van der Waals surface area contributed by atoms with Crippen LogP contribution >= 0.6 is 11.6 Å². The van der Waals surface area contributed by atoms with Gasteiger partial charge in [0.05, 0.1) is 0 Å². The molecule has 10 heteroatoms. The van der Waals surface area contributed by atoms with E-state index in [0.29, 0.717) is 5.56 Å². The molecule has 0 unspecified atom stereocenters. The summed E-state index contributed by atoms with van der Waals surface area (Å²) in [5.41, 5.74) is 6.41. The van der Waals surface area contributed by atoms with E-state index in [-0.39, 0.29) is 5.91 Å². The zero-order valence-electron chi connectivity index (χ0n) is 22.5. The van der Waals surface area contributed by atoms with E-state index in [9.17, 15) is 18.0 Å². The van der Waals surface area contributed by atoms with Crippen LogP contribution in [0, 0.1) is 13.8 Å². The molecule has 0 aromatic heterocycles. The highest BCUT2D eigenvalue weighted by Crippen LogP contribution is 2.18. The third-order valence-corrected chi connectivity index (χ3v) is 6.84. The fourth-order valence-electron chi connectivity index (χ4n) is 4.28. The van der Waals surface area contributed by atoms with Crippen molar-refractivity contribution < 1.29 is 27.9 Å². The van der Waals surface area contributed by atoms with Crippen LogP contribution < -0.4 is 5.32 Å². The first-order chi connectivity index (χ1) is 18.9. The molecule has 0 aliphatic carbocycles. The second-order valence-electron chi connectivity index (χ2n) is 9.79. The number of carboxylic acids is 1. The topological polar surface area (TPSA) is 72.9 Å². The number of carbonyl (C=O) groups excluding carboxylic acids is 1. The molecule has 2 N–H and O–H groups in total. The minimum absolute atomic E-state index is 0.0729. The minimum Gasteiger partial charge on any atom is -0.475 e. The normalized spacial score (nSPS) is 14.6. The smallest absolute Gasteiger partial charge is 0.475 e. The number of alkyl halides is 3. The van der Waals surface area contributed by atoms with Gasteiger partial charge >= 0.3 is 12.1 Å². The molecule has 6 nitrogen and oxygen atoms in total. The molecule has 1 fully saturated rings. The number of benzene rings is 3. The lowest BCUT2D eigenvalue weighted by Crippen LogP contribution is -2.30. The zero-order valence-corrected chi connectivity index (χ0v) is 23.2. The fraction of sp³-hybridized carbons (Fsp3) is 0.333. The third-order valence-electron chi connectivity index (χ3n) is 6.61. The monoisotopic (exact) mass is 575 g/mol. The maximum absolute atomic E-state index is 12.6. The first-order valence-electron chi connectivity index (χ1n) is 12.9. The van der Waals surface area contributed by atoms with Gasteiger partial charge in [-0.2, -0.15) is 13.2 Å². The standard InChI is InChI=1S/C28H32ClN3O.C2HF3O2/c1-21-7-12-27(17-22(21)2)30-28(33)25-10-8-23(9-11-25)19-31-13-4-14-32(16-15-31)20-24-5-3-6-26(29)18-24;3-2(4,5)1(6)7/h3,5-12,17-18H,4,13-16,19-20H2,1-2H3,(H,30,33);(H,6,7). The van der Waals surface area contributed by atoms with E-state index >= 15 is 0 Å². The number of halogens is 4. The first kappa shape index (κ1) is 31.1. The highest BCUT2D eigenvalue weighted by molar-refractivity contribution is 6.30. The second kappa shape index (κ2) is 14.3. The molecule has 0 radical (unpaired) electrons. The van der Waals surface area contributed by atoms with E-state index in [0.717, 1.165) is 56.4 Å². The minimum atomic E-state index is -5.08. The summed E-state index contributed by atoms with van der Waals surface area (Å²) in [6.07, 6.45) is -3.93. The van der Waals surface area contributed by atoms with Crippen molar-refractivity contribution >= 4 is 29.2 Å². The van der Waals surface area contributed by atoms with Crippen molar-refractivity contribution in [2.45, 2.75) is 39.5 Å². The van der Waals surface area contributed by atoms with E-state index in [1.165, 1.54) is 22.3 Å². The molecule has 214 valence electrons. The number of carbonyl (C=O) groups is 2. The molecule has 1 amide bonds. The number of nitrogens with zero attached hydrogens (tertiary/aromatic N) is 2. The summed E-state index contributed by atoms with van der Waals surface area (Å²) in [5.74, 6) is -2.83. The van der Waals surface area contributed by atoms with Crippen LogP contribution in [0.4, 0.5) is 18.9 Å². The average molecular weight is 576 g/mol. The molecule has 1 heterocycles. The Morgan fingerprint density at radius 2 is 1.45 bits per heavy atom. The van der Waals surface area contributed by atoms with Crippen LogP contribution in [0.3, 0.4) is 0 Å². The average Bonchev–Trinajstić information content (AvgIpc) is 3.11. The summed E-state index contributed by atoms with van der Waals surface area (Å²) in [6, 6.07) is 22.1. The molecule has 0 bridgehead atoms. The lowest BCUT2D eigenvalue weighted by Gasteiger charge is -2.22. The SMILES string of the molecule is Cc1ccc(NC(=O)c2ccc(CN3CCCN(Cc4cccc(Cl)c4)CC3)cc2)cc1C.O=C(O)C(F)(F)F. The van der Waals surface area contributed by atoms with Crippen LogP contribution in [0.25, 0.3) is 0 Å². The van der Waals surface area contributed by atoms with Gasteiger partial charge in [0, 0.05) is 42.5 Å². The Balaban J connectivity index is 0.000000559. The van der Waals surface area contributed by atoms with E-state index in [1.54, 1.807) is 0 Å². The summed E-state index contributed by atoms with van der Waals surface area (Å²) < 4.78 is 31.7. The Bertz CT molecular complexity index is 1300. The Morgan fingerprint density at radius 1 is 0.850 bits per heavy atom. The number of nitrogens with one attached hydrogen (secondary N) is 1. The molecule has 3 aromatic carbocycles. The lowest BCUT2D eigenvalue weighted by atomic mass is 10.1. The number of rotatable bonds is 6. The van der Waals surface area contributed by atoms with Crippen molar-refractivity contribution in [2.24, 2.45) is 0 Å². The van der Waals surface area contributed by atoms with Crippen molar-refractivity contribution in [3.8, 4) is 0 Å². The predicted octanol–water partition coefficient (Wildman–Crippen LogP) is 6.55. The number of aryl methyl sites for hydroxylation is 2. The van der Waals surface area contributed by atoms with Crippen molar-refractivity contribution in [3.63, 3.8) is 0 Å². The van der Waals surface area contributed by atoms with Crippen LogP contribution in [0.2, 0.25) is 5.02 Å². The lowest BCUT2D eigenvalue weighted by molar-refractivity contribution is -0.192. The fourth-order valence-corrected chi connectivity index (χ4v) is 4.49. The molecule has 1 saturated heterocycles. The van der Waals surface area contributed by atoms with Crippen molar-refractivity contribution in [3.05, 3.63) is 99.6 Å². The molecule has 1 aliphatic rings. The predicted molar refractivity (Wildman–Crippen MR) is 151 cm³/mol. The maximum Gasteiger partial charge on any atom is 0.490 e. The second-order valence-corrected chi connectivity index (χ2v) is 10.2. The zero-order chi connectivity index (χ0) is 29.3. The van der Waals surface area contributed by atoms with Crippen LogP contribution in [0.1, 0.15) is 39.0 Å². The Kier molecular flexibility index (Phi) is 11.1. The van der Waals surface area contributed by atoms with Gasteiger partial charge in [-0.25, -0.2) is 4.79 Å². The van der Waals surface area contributed by atoms with Crippen molar-refractivity contribution in [1.82, 2.24) is 9.80 Å². The molecule has 4 rings (SSSR count). The molecular formula is C30H33ClF3N3O3. The van der Waals surface area contributed by atoms with Gasteiger partial charge in [-0.3, -0.25) is 14.6 Å². The Morgan fingerprint density at radius 3 is 2.00 bits per heavy atom. The Labute approximate surface area is 237 Å². The van der Waals surface area contributed by atoms with E-state index in [4.69, 9.17) is 21.5 Å². The maximum atomic E-state index is 12.6. The van der Waals surface area contributed by atoms with Gasteiger partial charge in [-0.1, -0.05) is 41.9 Å². The number of hydrogen-bond acceptors (Lipinski definition) is 4. The summed E-state index contributed by atoms with van der Waals surface area (Å²) >= 11 is 6.14. The summed E-state index contributed by atoms with van der Waals surface area (Å²) in [5, 5.41) is 10.9. The van der Waals surface area contributed by atoms with E-state index in [2.05, 4.69) is 53.2 Å². The number of carboxylic acid groups (broad SMARTS) is 1. The van der Waals surface area contributed by atoms with Crippen LogP contribution in [-0.2, 0) is 17.9 Å². The van der Waals surface area contributed by atoms with Crippen LogP contribution in [0.15, 0.2) is 66.7 Å². The highest BCUT2D eigenvalue weighted by atomic mass is 35.5. The Hall–Kier alpha value is -3.40. The number of amides is 1. The van der Waals surface area contributed by atoms with Gasteiger partial charge in [0.25, 0.3) is 5.91 Å². The molecule has 0 spiro atoms. The number of hydrogen-bond donors (Lipinski definition) is 2. The van der Waals surface area contributed by atoms with Crippen molar-refractivity contribution in [2.75, 3.05) is 31.5 Å². The van der Waals surface area contributed by atoms with Crippen LogP contribution in [0.5, 0.6) is 0 Å². The van der Waals surface area contributed by atoms with Gasteiger partial charge in [0.2, 0.25) is 0 Å². The van der Waals surface area contributed by atoms with Gasteiger partial charge in [0.15, 0.2) is 0 Å². The van der Waals surface area contributed by atoms with Gasteiger partial charge in [0.1, 0.15) is 0 Å². The first-order valence-corrected chi connectivity index (χ1v) is 13.3. The third kappa shape index (κ3) is 9.97. The molecular weight excluding hydrogens is 543 g/mol.